The number of urea groups is 1. The molecule has 0 aliphatic carbocycles. The van der Waals surface area contributed by atoms with Gasteiger partial charge in [-0.25, -0.2) is 13.6 Å². The van der Waals surface area contributed by atoms with Gasteiger partial charge in [-0.1, -0.05) is 36.4 Å². The van der Waals surface area contributed by atoms with Gasteiger partial charge in [0.1, 0.15) is 17.3 Å². The SMILES string of the molecule is CC(O)(CCc1ccccc1)CNC(=O)Nc1c(F)cccc1F. The molecule has 0 saturated heterocycles. The van der Waals surface area contributed by atoms with E-state index in [0.29, 0.717) is 12.8 Å². The van der Waals surface area contributed by atoms with Crippen LogP contribution in [-0.4, -0.2) is 23.3 Å². The molecular formula is C18H20F2N2O2. The Bertz CT molecular complexity index is 670. The van der Waals surface area contributed by atoms with Crippen LogP contribution in [-0.2, 0) is 6.42 Å². The van der Waals surface area contributed by atoms with E-state index >= 15 is 0 Å². The second-order valence-corrected chi connectivity index (χ2v) is 5.89. The van der Waals surface area contributed by atoms with Crippen molar-refractivity contribution in [2.45, 2.75) is 25.4 Å². The molecule has 2 aromatic rings. The summed E-state index contributed by atoms with van der Waals surface area (Å²) in [6.07, 6.45) is 1.09. The predicted octanol–water partition coefficient (Wildman–Crippen LogP) is 3.47. The third kappa shape index (κ3) is 5.31. The van der Waals surface area contributed by atoms with Crippen LogP contribution in [0.15, 0.2) is 48.5 Å². The molecule has 3 N–H and O–H groups in total. The summed E-state index contributed by atoms with van der Waals surface area (Å²) in [5.74, 6) is -1.72. The molecule has 128 valence electrons. The molecule has 0 heterocycles. The van der Waals surface area contributed by atoms with Gasteiger partial charge in [0.25, 0.3) is 0 Å². The lowest BCUT2D eigenvalue weighted by atomic mass is 9.97. The number of rotatable bonds is 6. The van der Waals surface area contributed by atoms with E-state index in [1.165, 1.54) is 6.07 Å². The first-order chi connectivity index (χ1) is 11.4. The fourth-order valence-corrected chi connectivity index (χ4v) is 2.19. The van der Waals surface area contributed by atoms with E-state index in [1.807, 2.05) is 30.3 Å². The second-order valence-electron chi connectivity index (χ2n) is 5.89. The van der Waals surface area contributed by atoms with E-state index in [1.54, 1.807) is 6.92 Å². The van der Waals surface area contributed by atoms with Crippen molar-refractivity contribution in [1.29, 1.82) is 0 Å². The Morgan fingerprint density at radius 1 is 1.08 bits per heavy atom. The van der Waals surface area contributed by atoms with E-state index in [-0.39, 0.29) is 6.54 Å². The molecule has 0 bridgehead atoms. The lowest BCUT2D eigenvalue weighted by Gasteiger charge is -2.24. The lowest BCUT2D eigenvalue weighted by molar-refractivity contribution is 0.0539. The molecule has 0 aliphatic heterocycles. The van der Waals surface area contributed by atoms with Gasteiger partial charge in [-0.15, -0.1) is 0 Å². The van der Waals surface area contributed by atoms with Crippen molar-refractivity contribution in [3.05, 3.63) is 65.7 Å². The zero-order valence-corrected chi connectivity index (χ0v) is 13.4. The van der Waals surface area contributed by atoms with E-state index < -0.39 is 29.0 Å². The van der Waals surface area contributed by atoms with Crippen LogP contribution in [0, 0.1) is 11.6 Å². The first-order valence-electron chi connectivity index (χ1n) is 7.62. The number of anilines is 1. The van der Waals surface area contributed by atoms with Crippen LogP contribution in [0.3, 0.4) is 0 Å². The third-order valence-corrected chi connectivity index (χ3v) is 3.63. The van der Waals surface area contributed by atoms with Gasteiger partial charge in [0.2, 0.25) is 0 Å². The number of benzene rings is 2. The van der Waals surface area contributed by atoms with Gasteiger partial charge >= 0.3 is 6.03 Å². The number of nitrogens with one attached hydrogen (secondary N) is 2. The minimum Gasteiger partial charge on any atom is -0.388 e. The van der Waals surface area contributed by atoms with Crippen LogP contribution in [0.1, 0.15) is 18.9 Å². The minimum atomic E-state index is -1.14. The molecule has 1 atom stereocenters. The summed E-state index contributed by atoms with van der Waals surface area (Å²) >= 11 is 0. The highest BCUT2D eigenvalue weighted by Crippen LogP contribution is 2.18. The monoisotopic (exact) mass is 334 g/mol. The highest BCUT2D eigenvalue weighted by atomic mass is 19.1. The summed E-state index contributed by atoms with van der Waals surface area (Å²) in [7, 11) is 0. The van der Waals surface area contributed by atoms with Crippen molar-refractivity contribution in [3.63, 3.8) is 0 Å². The Morgan fingerprint density at radius 3 is 2.33 bits per heavy atom. The number of halogens is 2. The molecule has 4 nitrogen and oxygen atoms in total. The van der Waals surface area contributed by atoms with Crippen LogP contribution in [0.4, 0.5) is 19.3 Å². The molecule has 0 spiro atoms. The quantitative estimate of drug-likeness (QED) is 0.757. The van der Waals surface area contributed by atoms with Gasteiger partial charge in [-0.05, 0) is 37.5 Å². The van der Waals surface area contributed by atoms with Crippen LogP contribution in [0.2, 0.25) is 0 Å². The van der Waals surface area contributed by atoms with Gasteiger partial charge in [0, 0.05) is 6.54 Å². The van der Waals surface area contributed by atoms with E-state index in [4.69, 9.17) is 0 Å². The Morgan fingerprint density at radius 2 is 1.71 bits per heavy atom. The Hall–Kier alpha value is -2.47. The number of carbonyl (C=O) groups is 1. The highest BCUT2D eigenvalue weighted by molar-refractivity contribution is 5.89. The van der Waals surface area contributed by atoms with Gasteiger partial charge in [0.05, 0.1) is 5.60 Å². The number of aryl methyl sites for hydroxylation is 1. The number of carbonyl (C=O) groups excluding carboxylic acids is 1. The minimum absolute atomic E-state index is 0.0399. The maximum atomic E-state index is 13.5. The molecule has 0 aliphatic rings. The predicted molar refractivity (Wildman–Crippen MR) is 88.8 cm³/mol. The van der Waals surface area contributed by atoms with E-state index in [2.05, 4.69) is 10.6 Å². The zero-order chi connectivity index (χ0) is 17.6. The first-order valence-corrected chi connectivity index (χ1v) is 7.62. The number of aliphatic hydroxyl groups is 1. The Labute approximate surface area is 139 Å². The molecule has 24 heavy (non-hydrogen) atoms. The fourth-order valence-electron chi connectivity index (χ4n) is 2.19. The molecule has 1 unspecified atom stereocenters. The molecule has 2 rings (SSSR count). The molecule has 6 heteroatoms. The standard InChI is InChI=1S/C18H20F2N2O2/c1-18(24,11-10-13-6-3-2-4-7-13)12-21-17(23)22-16-14(19)8-5-9-15(16)20/h2-9,24H,10-12H2,1H3,(H2,21,22,23). The highest BCUT2D eigenvalue weighted by Gasteiger charge is 2.21. The Balaban J connectivity index is 1.84. The van der Waals surface area contributed by atoms with Crippen molar-refractivity contribution in [2.24, 2.45) is 0 Å². The van der Waals surface area contributed by atoms with Crippen LogP contribution in [0.25, 0.3) is 0 Å². The number of hydrogen-bond donors (Lipinski definition) is 3. The van der Waals surface area contributed by atoms with E-state index in [0.717, 1.165) is 17.7 Å². The van der Waals surface area contributed by atoms with Crippen molar-refractivity contribution < 1.29 is 18.7 Å². The number of hydrogen-bond acceptors (Lipinski definition) is 2. The Kier molecular flexibility index (Phi) is 5.87. The molecule has 2 aromatic carbocycles. The van der Waals surface area contributed by atoms with Gasteiger partial charge in [0.15, 0.2) is 0 Å². The average Bonchev–Trinajstić information content (AvgIpc) is 2.56. The molecule has 0 fully saturated rings. The van der Waals surface area contributed by atoms with Gasteiger partial charge in [-0.3, -0.25) is 0 Å². The summed E-state index contributed by atoms with van der Waals surface area (Å²) in [4.78, 5) is 11.8. The van der Waals surface area contributed by atoms with Crippen molar-refractivity contribution >= 4 is 11.7 Å². The average molecular weight is 334 g/mol. The van der Waals surface area contributed by atoms with Crippen LogP contribution >= 0.6 is 0 Å². The van der Waals surface area contributed by atoms with Gasteiger partial charge in [-0.2, -0.15) is 0 Å². The maximum Gasteiger partial charge on any atom is 0.319 e. The third-order valence-electron chi connectivity index (χ3n) is 3.63. The second kappa shape index (κ2) is 7.88. The normalized spacial score (nSPS) is 13.2. The summed E-state index contributed by atoms with van der Waals surface area (Å²) in [6.45, 7) is 1.56. The van der Waals surface area contributed by atoms with Gasteiger partial charge < -0.3 is 15.7 Å². The fraction of sp³-hybridized carbons (Fsp3) is 0.278. The maximum absolute atomic E-state index is 13.5. The first kappa shape index (κ1) is 17.9. The summed E-state index contributed by atoms with van der Waals surface area (Å²) in [6, 6.07) is 12.2. The molecule has 0 aromatic heterocycles. The number of para-hydroxylation sites is 1. The lowest BCUT2D eigenvalue weighted by Crippen LogP contribution is -2.42. The van der Waals surface area contributed by atoms with Crippen LogP contribution < -0.4 is 10.6 Å². The molecule has 2 amide bonds. The smallest absolute Gasteiger partial charge is 0.319 e. The summed E-state index contributed by atoms with van der Waals surface area (Å²) in [5, 5.41) is 14.9. The summed E-state index contributed by atoms with van der Waals surface area (Å²) in [5.41, 5.74) is -0.574. The largest absolute Gasteiger partial charge is 0.388 e. The van der Waals surface area contributed by atoms with Crippen LogP contribution in [0.5, 0.6) is 0 Å². The van der Waals surface area contributed by atoms with Crippen molar-refractivity contribution in [2.75, 3.05) is 11.9 Å². The molecular weight excluding hydrogens is 314 g/mol. The molecule has 0 radical (unpaired) electrons. The zero-order valence-electron chi connectivity index (χ0n) is 13.4. The van der Waals surface area contributed by atoms with E-state index in [9.17, 15) is 18.7 Å². The van der Waals surface area contributed by atoms with Crippen molar-refractivity contribution in [3.8, 4) is 0 Å². The molecule has 0 saturated carbocycles. The number of amides is 2. The van der Waals surface area contributed by atoms with Crippen molar-refractivity contribution in [1.82, 2.24) is 5.32 Å². The topological polar surface area (TPSA) is 61.4 Å². The summed E-state index contributed by atoms with van der Waals surface area (Å²) < 4.78 is 26.9.